The molecule has 2 unspecified atom stereocenters. The molecule has 0 aromatic heterocycles. The van der Waals surface area contributed by atoms with Crippen LogP contribution < -0.4 is 9.47 Å². The Morgan fingerprint density at radius 2 is 1.89 bits per heavy atom. The molecule has 148 valence electrons. The van der Waals surface area contributed by atoms with Crippen molar-refractivity contribution in [2.24, 2.45) is 5.92 Å². The van der Waals surface area contributed by atoms with Gasteiger partial charge in [-0.25, -0.2) is 8.42 Å². The third-order valence-electron chi connectivity index (χ3n) is 5.24. The Balaban J connectivity index is 1.97. The maximum atomic E-state index is 13.0. The van der Waals surface area contributed by atoms with Crippen LogP contribution in [0.25, 0.3) is 0 Å². The topological polar surface area (TPSA) is 110 Å². The molecule has 2 atom stereocenters. The van der Waals surface area contributed by atoms with Gasteiger partial charge in [0.25, 0.3) is 0 Å². The van der Waals surface area contributed by atoms with Crippen LogP contribution in [0.5, 0.6) is 11.5 Å². The van der Waals surface area contributed by atoms with Gasteiger partial charge in [0.2, 0.25) is 5.91 Å². The van der Waals surface area contributed by atoms with E-state index in [1.54, 1.807) is 6.07 Å². The Hall–Kier alpha value is -2.29. The highest BCUT2D eigenvalue weighted by Gasteiger charge is 2.40. The first-order valence-electron chi connectivity index (χ1n) is 8.73. The summed E-state index contributed by atoms with van der Waals surface area (Å²) in [5, 5.41) is 9.38. The van der Waals surface area contributed by atoms with Crippen molar-refractivity contribution < 1.29 is 32.6 Å². The summed E-state index contributed by atoms with van der Waals surface area (Å²) in [5.41, 5.74) is 1.61. The molecular formula is C18H23NO7S. The highest BCUT2D eigenvalue weighted by Crippen LogP contribution is 2.40. The van der Waals surface area contributed by atoms with E-state index in [9.17, 15) is 23.1 Å². The molecule has 1 fully saturated rings. The second kappa shape index (κ2) is 7.38. The summed E-state index contributed by atoms with van der Waals surface area (Å²) < 4.78 is 34.1. The van der Waals surface area contributed by atoms with Crippen molar-refractivity contribution in [3.63, 3.8) is 0 Å². The van der Waals surface area contributed by atoms with Gasteiger partial charge in [-0.15, -0.1) is 0 Å². The summed E-state index contributed by atoms with van der Waals surface area (Å²) in [4.78, 5) is 26.0. The van der Waals surface area contributed by atoms with Crippen molar-refractivity contribution in [1.82, 2.24) is 4.90 Å². The van der Waals surface area contributed by atoms with Gasteiger partial charge in [0.05, 0.1) is 44.1 Å². The zero-order valence-corrected chi connectivity index (χ0v) is 16.1. The predicted molar refractivity (Wildman–Crippen MR) is 96.7 cm³/mol. The first kappa shape index (κ1) is 19.5. The van der Waals surface area contributed by atoms with Crippen LogP contribution in [0.3, 0.4) is 0 Å². The van der Waals surface area contributed by atoms with Gasteiger partial charge in [-0.1, -0.05) is 0 Å². The molecule has 2 heterocycles. The van der Waals surface area contributed by atoms with Crippen LogP contribution in [0.4, 0.5) is 0 Å². The molecule has 1 aromatic rings. The second-order valence-electron chi connectivity index (χ2n) is 6.90. The molecule has 0 aliphatic carbocycles. The third-order valence-corrected chi connectivity index (χ3v) is 7.00. The zero-order chi connectivity index (χ0) is 19.8. The van der Waals surface area contributed by atoms with E-state index in [4.69, 9.17) is 9.47 Å². The fraction of sp³-hybridized carbons (Fsp3) is 0.556. The van der Waals surface area contributed by atoms with E-state index in [0.717, 1.165) is 5.56 Å². The fourth-order valence-corrected chi connectivity index (χ4v) is 5.63. The molecule has 0 bridgehead atoms. The molecule has 2 aliphatic rings. The number of ether oxygens (including phenoxy) is 2. The van der Waals surface area contributed by atoms with Crippen molar-refractivity contribution >= 4 is 21.7 Å². The molecule has 27 heavy (non-hydrogen) atoms. The number of aliphatic carboxylic acids is 1. The van der Waals surface area contributed by atoms with Gasteiger partial charge < -0.3 is 19.5 Å². The Kier molecular flexibility index (Phi) is 5.32. The van der Waals surface area contributed by atoms with Gasteiger partial charge in [-0.3, -0.25) is 9.59 Å². The maximum absolute atomic E-state index is 13.0. The Morgan fingerprint density at radius 3 is 2.44 bits per heavy atom. The Bertz CT molecular complexity index is 865. The number of carboxylic acid groups (broad SMARTS) is 1. The average molecular weight is 397 g/mol. The minimum absolute atomic E-state index is 0.00243. The number of nitrogens with zero attached hydrogens (tertiary/aromatic N) is 1. The zero-order valence-electron chi connectivity index (χ0n) is 15.3. The molecule has 9 heteroatoms. The van der Waals surface area contributed by atoms with Crippen molar-refractivity contribution in [2.75, 3.05) is 32.3 Å². The molecule has 0 spiro atoms. The van der Waals surface area contributed by atoms with Crippen molar-refractivity contribution in [3.8, 4) is 11.5 Å². The van der Waals surface area contributed by atoms with Gasteiger partial charge in [0.15, 0.2) is 21.3 Å². The monoisotopic (exact) mass is 397 g/mol. The van der Waals surface area contributed by atoms with Crippen LogP contribution in [0, 0.1) is 5.92 Å². The molecule has 8 nitrogen and oxygen atoms in total. The van der Waals surface area contributed by atoms with Crippen LogP contribution in [0.15, 0.2) is 12.1 Å². The van der Waals surface area contributed by atoms with Crippen LogP contribution in [0.1, 0.15) is 30.0 Å². The third kappa shape index (κ3) is 3.87. The van der Waals surface area contributed by atoms with Gasteiger partial charge in [0, 0.05) is 6.54 Å². The number of methoxy groups -OCH3 is 2. The van der Waals surface area contributed by atoms with Gasteiger partial charge >= 0.3 is 5.97 Å². The van der Waals surface area contributed by atoms with Crippen LogP contribution >= 0.6 is 0 Å². The van der Waals surface area contributed by atoms with E-state index in [2.05, 4.69) is 0 Å². The molecule has 1 saturated heterocycles. The normalized spacial score (nSPS) is 23.6. The number of carbonyl (C=O) groups excluding carboxylic acids is 1. The van der Waals surface area contributed by atoms with Crippen LogP contribution in [-0.4, -0.2) is 62.6 Å². The molecule has 0 saturated carbocycles. The highest BCUT2D eigenvalue weighted by molar-refractivity contribution is 7.91. The number of hydrogen-bond donors (Lipinski definition) is 1. The lowest BCUT2D eigenvalue weighted by Gasteiger charge is -2.38. The largest absolute Gasteiger partial charge is 0.493 e. The van der Waals surface area contributed by atoms with Crippen molar-refractivity contribution in [2.45, 2.75) is 25.3 Å². The lowest BCUT2D eigenvalue weighted by atomic mass is 9.89. The smallest absolute Gasteiger partial charge is 0.305 e. The minimum atomic E-state index is -3.20. The average Bonchev–Trinajstić information content (AvgIpc) is 2.99. The fourth-order valence-electron chi connectivity index (χ4n) is 3.90. The molecule has 3 rings (SSSR count). The Morgan fingerprint density at radius 1 is 1.22 bits per heavy atom. The molecule has 2 aliphatic heterocycles. The lowest BCUT2D eigenvalue weighted by molar-refractivity contribution is -0.143. The predicted octanol–water partition coefficient (Wildman–Crippen LogP) is 1.04. The summed E-state index contributed by atoms with van der Waals surface area (Å²) in [6.07, 6.45) is 0.570. The van der Waals surface area contributed by atoms with E-state index < -0.39 is 27.8 Å². The summed E-state index contributed by atoms with van der Waals surface area (Å²) in [6.45, 7) is 0.343. The molecule has 1 N–H and O–H groups in total. The van der Waals surface area contributed by atoms with Gasteiger partial charge in [-0.05, 0) is 36.1 Å². The molecule has 1 amide bonds. The number of benzene rings is 1. The second-order valence-corrected chi connectivity index (χ2v) is 9.13. The summed E-state index contributed by atoms with van der Waals surface area (Å²) in [5.74, 6) is -1.07. The number of carboxylic acids is 1. The summed E-state index contributed by atoms with van der Waals surface area (Å²) >= 11 is 0. The van der Waals surface area contributed by atoms with E-state index >= 15 is 0 Å². The minimum Gasteiger partial charge on any atom is -0.493 e. The van der Waals surface area contributed by atoms with Crippen molar-refractivity contribution in [1.29, 1.82) is 0 Å². The number of amides is 1. The molecule has 0 radical (unpaired) electrons. The number of fused-ring (bicyclic) bond motifs is 1. The SMILES string of the molecule is COc1cc2c(cc1OC)C(CC(=O)O)N(C(=O)C1CCS(=O)(=O)C1)CC2. The number of sulfone groups is 1. The number of rotatable bonds is 5. The van der Waals surface area contributed by atoms with Crippen molar-refractivity contribution in [3.05, 3.63) is 23.3 Å². The maximum Gasteiger partial charge on any atom is 0.305 e. The highest BCUT2D eigenvalue weighted by atomic mass is 32.2. The number of hydrogen-bond acceptors (Lipinski definition) is 6. The standard InChI is InChI=1S/C18H23NO7S/c1-25-15-7-11-3-5-19(18(22)12-4-6-27(23,24)10-12)14(9-17(20)21)13(11)8-16(15)26-2/h7-8,12,14H,3-6,9-10H2,1-2H3,(H,20,21). The number of carbonyl (C=O) groups is 2. The van der Waals surface area contributed by atoms with E-state index in [1.165, 1.54) is 19.1 Å². The van der Waals surface area contributed by atoms with E-state index in [1.807, 2.05) is 6.07 Å². The summed E-state index contributed by atoms with van der Waals surface area (Å²) in [6, 6.07) is 2.86. The van der Waals surface area contributed by atoms with Crippen LogP contribution in [0.2, 0.25) is 0 Å². The van der Waals surface area contributed by atoms with Gasteiger partial charge in [-0.2, -0.15) is 0 Å². The van der Waals surface area contributed by atoms with Crippen LogP contribution in [-0.2, 0) is 25.8 Å². The van der Waals surface area contributed by atoms with E-state index in [0.29, 0.717) is 30.0 Å². The molecular weight excluding hydrogens is 374 g/mol. The first-order valence-corrected chi connectivity index (χ1v) is 10.6. The molecule has 1 aromatic carbocycles. The van der Waals surface area contributed by atoms with E-state index in [-0.39, 0.29) is 30.3 Å². The quantitative estimate of drug-likeness (QED) is 0.790. The lowest BCUT2D eigenvalue weighted by Crippen LogP contribution is -2.44. The first-order chi connectivity index (χ1) is 12.8. The van der Waals surface area contributed by atoms with Gasteiger partial charge in [0.1, 0.15) is 0 Å². The Labute approximate surface area is 158 Å². The summed E-state index contributed by atoms with van der Waals surface area (Å²) in [7, 11) is -0.183.